The first-order valence-electron chi connectivity index (χ1n) is 31.9. The molecule has 0 amide bonds. The van der Waals surface area contributed by atoms with Gasteiger partial charge in [-0.1, -0.05) is 388 Å². The van der Waals surface area contributed by atoms with Crippen LogP contribution in [0.25, 0.3) is 0 Å². The third kappa shape index (κ3) is 81.0. The Balaban J connectivity index is -0.000000259. The summed E-state index contributed by atoms with van der Waals surface area (Å²) in [7, 11) is 4.94. The number of carboxylic acid groups (broad SMARTS) is 2. The third-order valence-corrected chi connectivity index (χ3v) is 12.9. The number of aliphatic hydroxyl groups excluding tert-OH is 1. The Morgan fingerprint density at radius 2 is 0.617 bits per heavy atom. The van der Waals surface area contributed by atoms with Gasteiger partial charge in [0.2, 0.25) is 6.61 Å². The van der Waals surface area contributed by atoms with E-state index in [0.717, 1.165) is 50.6 Å². The lowest BCUT2D eigenvalue weighted by atomic mass is 9.99. The highest BCUT2D eigenvalue weighted by Crippen LogP contribution is 2.07. The van der Waals surface area contributed by atoms with Crippen LogP contribution in [0.4, 0.5) is 0 Å². The maximum Gasteiger partial charge on any atom is 0.448 e. The van der Waals surface area contributed by atoms with Gasteiger partial charge in [0, 0.05) is 53.8 Å². The molecule has 0 fully saturated rings. The molecule has 7 N–H and O–H groups in total. The van der Waals surface area contributed by atoms with E-state index in [0.29, 0.717) is 19.8 Å². The van der Waals surface area contributed by atoms with Gasteiger partial charge in [-0.15, -0.1) is 24.0 Å². The molecule has 11 aromatic carbocycles. The second-order valence-corrected chi connectivity index (χ2v) is 22.4. The van der Waals surface area contributed by atoms with Crippen LogP contribution in [0.3, 0.4) is 0 Å². The number of alkyl halides is 1. The summed E-state index contributed by atoms with van der Waals surface area (Å²) in [6.45, 7) is 6.73. The number of halogens is 4. The Bertz CT molecular complexity index is 3340. The Morgan fingerprint density at radius 3 is 0.766 bits per heavy atom. The minimum Gasteiger partial charge on any atom is -0.479 e. The molecule has 11 rings (SSSR count). The lowest BCUT2D eigenvalue weighted by Crippen LogP contribution is -2.10. The molecule has 0 spiro atoms. The van der Waals surface area contributed by atoms with E-state index in [9.17, 15) is 19.2 Å². The number of aldehydes is 2. The number of carboxylic acids is 2. The van der Waals surface area contributed by atoms with Gasteiger partial charge in [0.15, 0.2) is 6.61 Å². The molecule has 0 unspecified atom stereocenters. The molecular formula is C86H107BBr3IN2O14. The van der Waals surface area contributed by atoms with Gasteiger partial charge in [0.25, 0.3) is 0 Å². The van der Waals surface area contributed by atoms with E-state index in [-0.39, 0.29) is 38.8 Å². The monoisotopic (exact) mass is 1770 g/mol. The number of benzene rings is 11. The van der Waals surface area contributed by atoms with Crippen molar-refractivity contribution in [2.45, 2.75) is 60.7 Å². The minimum atomic E-state index is -1.17. The molecule has 0 aliphatic heterocycles. The summed E-state index contributed by atoms with van der Waals surface area (Å²) in [6, 6.07) is 109. The van der Waals surface area contributed by atoms with Gasteiger partial charge >= 0.3 is 19.1 Å². The van der Waals surface area contributed by atoms with Gasteiger partial charge in [-0.25, -0.2) is 15.5 Å². The van der Waals surface area contributed by atoms with Crippen molar-refractivity contribution in [3.05, 3.63) is 393 Å². The number of oxime groups is 1. The Morgan fingerprint density at radius 1 is 0.402 bits per heavy atom. The molecule has 0 saturated carbocycles. The van der Waals surface area contributed by atoms with E-state index in [1.165, 1.54) is 46.4 Å². The lowest BCUT2D eigenvalue weighted by molar-refractivity contribution is -0.143. The van der Waals surface area contributed by atoms with E-state index in [1.54, 1.807) is 45.6 Å². The van der Waals surface area contributed by atoms with Crippen LogP contribution in [-0.4, -0.2) is 105 Å². The summed E-state index contributed by atoms with van der Waals surface area (Å²) in [5.41, 5.74) is 9.96. The number of nitrogens with zero attached hydrogens (tertiary/aromatic N) is 1. The zero-order valence-corrected chi connectivity index (χ0v) is 67.4. The summed E-state index contributed by atoms with van der Waals surface area (Å²) in [5.74, 6) is 2.25. The molecule has 0 atom stereocenters. The summed E-state index contributed by atoms with van der Waals surface area (Å²) < 4.78 is 17.1. The van der Waals surface area contributed by atoms with Crippen molar-refractivity contribution < 1.29 is 68.4 Å². The molecule has 0 saturated heterocycles. The fraction of sp³-hybridized carbons (Fsp3) is 0.174. The fourth-order valence-corrected chi connectivity index (χ4v) is 7.54. The van der Waals surface area contributed by atoms with Gasteiger partial charge in [-0.2, -0.15) is 0 Å². The maximum absolute atomic E-state index is 10.0. The smallest absolute Gasteiger partial charge is 0.448 e. The molecule has 0 aromatic heterocycles. The lowest BCUT2D eigenvalue weighted by Gasteiger charge is -1.95. The van der Waals surface area contributed by atoms with Crippen LogP contribution < -0.4 is 5.90 Å². The number of aryl methyl sites for hydroxylation is 2. The zero-order valence-electron chi connectivity index (χ0n) is 60.3. The number of hydrogen-bond acceptors (Lipinski definition) is 14. The second-order valence-electron chi connectivity index (χ2n) is 20.0. The van der Waals surface area contributed by atoms with Crippen LogP contribution in [0.5, 0.6) is 0 Å². The minimum absolute atomic E-state index is 0. The van der Waals surface area contributed by atoms with E-state index in [4.69, 9.17) is 39.6 Å². The number of aliphatic carboxylic acids is 2. The van der Waals surface area contributed by atoms with Crippen LogP contribution >= 0.6 is 71.8 Å². The normalized spacial score (nSPS) is 8.62. The van der Waals surface area contributed by atoms with Gasteiger partial charge in [-0.3, -0.25) is 14.4 Å². The fourth-order valence-electron chi connectivity index (χ4n) is 6.55. The first-order valence-corrected chi connectivity index (χ1v) is 34.6. The van der Waals surface area contributed by atoms with Crippen LogP contribution in [0, 0.1) is 13.8 Å². The number of hydrogen-bond donors (Lipinski definition) is 6. The summed E-state index contributed by atoms with van der Waals surface area (Å²) in [5, 5.41) is 42.6. The van der Waals surface area contributed by atoms with E-state index in [1.807, 2.05) is 273 Å². The molecule has 107 heavy (non-hydrogen) atoms. The number of aliphatic hydroxyl groups is 1. The van der Waals surface area contributed by atoms with Crippen molar-refractivity contribution >= 4 is 110 Å². The van der Waals surface area contributed by atoms with Crippen molar-refractivity contribution in [1.82, 2.24) is 0 Å². The van der Waals surface area contributed by atoms with Crippen molar-refractivity contribution in [3.8, 4) is 0 Å². The van der Waals surface area contributed by atoms with E-state index in [2.05, 4.69) is 119 Å². The van der Waals surface area contributed by atoms with Crippen LogP contribution in [0.2, 0.25) is 6.82 Å². The SMILES string of the molecule is BrCc1ccccc1.Brc1ccccc1.Brc1ccccc1.C.C.CB(O)O.CO.COCc1ccccc1.COCc1ccccc1.COCc1ccccc1.Cc1ccccc1.Cc1ccccc1.I.NOCC(=O)O.O=C(O)CO/N=C/c1ccccc1.O=Cc1ccccc1.O=Cc1ccccc1. The van der Waals surface area contributed by atoms with Crippen molar-refractivity contribution in [3.63, 3.8) is 0 Å². The van der Waals surface area contributed by atoms with Crippen molar-refractivity contribution in [1.29, 1.82) is 0 Å². The van der Waals surface area contributed by atoms with Gasteiger partial charge in [0.1, 0.15) is 12.6 Å². The maximum atomic E-state index is 10.0. The summed E-state index contributed by atoms with van der Waals surface area (Å²) in [6.07, 6.45) is 3.13. The molecule has 21 heteroatoms. The molecule has 11 aromatic rings. The van der Waals surface area contributed by atoms with Crippen LogP contribution in [-0.2, 0) is 58.6 Å². The Kier molecular flexibility index (Phi) is 85.9. The van der Waals surface area contributed by atoms with Crippen LogP contribution in [0.15, 0.2) is 348 Å². The average Bonchev–Trinajstić information content (AvgIpc) is 1.09. The van der Waals surface area contributed by atoms with Gasteiger partial charge in [0.05, 0.1) is 26.0 Å². The molecule has 0 radical (unpaired) electrons. The topological polar surface area (TPSA) is 254 Å². The number of methoxy groups -OCH3 is 3. The van der Waals surface area contributed by atoms with Crippen LogP contribution in [0.1, 0.15) is 74.5 Å². The summed E-state index contributed by atoms with van der Waals surface area (Å²) >= 11 is 9.98. The molecule has 576 valence electrons. The van der Waals surface area contributed by atoms with E-state index < -0.39 is 32.3 Å². The number of carbonyl (C=O) groups excluding carboxylic acids is 2. The molecule has 0 aliphatic carbocycles. The highest BCUT2D eigenvalue weighted by atomic mass is 127. The molecular weight excluding hydrogens is 1660 g/mol. The van der Waals surface area contributed by atoms with Crippen molar-refractivity contribution in [2.24, 2.45) is 11.1 Å². The Hall–Kier alpha value is -8.92. The number of nitrogens with two attached hydrogens (primary N) is 1. The first kappa shape index (κ1) is 109. The quantitative estimate of drug-likeness (QED) is 0.0139. The predicted molar refractivity (Wildman–Crippen MR) is 463 cm³/mol. The van der Waals surface area contributed by atoms with Gasteiger partial charge < -0.3 is 44.4 Å². The van der Waals surface area contributed by atoms with Gasteiger partial charge in [-0.05, 0) is 72.8 Å². The largest absolute Gasteiger partial charge is 0.479 e. The highest BCUT2D eigenvalue weighted by molar-refractivity contribution is 14.0. The number of rotatable bonds is 15. The number of ether oxygens (including phenoxy) is 3. The second kappa shape index (κ2) is 84.3. The predicted octanol–water partition coefficient (Wildman–Crippen LogP) is 20.6. The van der Waals surface area contributed by atoms with Crippen molar-refractivity contribution in [2.75, 3.05) is 41.7 Å². The zero-order chi connectivity index (χ0) is 77.6. The standard InChI is InChI=1S/C9H9NO3.3C8H10O.C7H7Br.2C7H6O.2C7H8.2C6H5Br.C2H5NO3.CH5BO2.CH4O.2CH4.HI/c11-9(12)7-13-10-6-8-4-2-1-3-5-8;3*1-9-7-8-5-3-2-4-6-8;3*8-6-7-4-2-1-3-5-7;2*1-7-5-3-2-4-6-7;2*7-6-4-2-1-3-5-6;3-6-1-2(4)5;1-2(3)4;1-2;;;/h1-6H,7H2,(H,11,12);3*2-6H,7H2,1H3;1-5H,6H2;2*1-6H;2*2-6H,1H3;2*1-5H;1,3H2,(H,4,5);3-4H,1H3;2H,1H3;2*1H4;1H/b10-6+;;;;;;;;;;;;;;;;. The molecule has 0 aliphatic rings. The average molecular weight is 1770 g/mol. The molecule has 0 heterocycles. The summed E-state index contributed by atoms with van der Waals surface area (Å²) in [4.78, 5) is 47.6. The highest BCUT2D eigenvalue weighted by Gasteiger charge is 1.94. The Labute approximate surface area is 678 Å². The van der Waals surface area contributed by atoms with E-state index >= 15 is 0 Å². The number of carbonyl (C=O) groups is 4. The first-order chi connectivity index (χ1) is 50.5. The molecule has 16 nitrogen and oxygen atoms in total. The third-order valence-electron chi connectivity index (χ3n) is 11.1. The molecule has 0 bridgehead atoms.